The lowest BCUT2D eigenvalue weighted by atomic mass is 9.66. The smallest absolute Gasteiger partial charge is 0.244 e. The summed E-state index contributed by atoms with van der Waals surface area (Å²) in [5.41, 5.74) is 1.66. The molecule has 0 aliphatic carbocycles. The van der Waals surface area contributed by atoms with E-state index in [0.29, 0.717) is 18.7 Å². The predicted molar refractivity (Wildman–Crippen MR) is 135 cm³/mol. The normalized spacial score (nSPS) is 31.8. The molecule has 2 aromatic rings. The zero-order valence-corrected chi connectivity index (χ0v) is 20.8. The molecule has 0 radical (unpaired) electrons. The number of benzene rings is 2. The lowest BCUT2D eigenvalue weighted by Crippen LogP contribution is -2.55. The van der Waals surface area contributed by atoms with Crippen LogP contribution in [-0.2, 0) is 20.9 Å². The summed E-state index contributed by atoms with van der Waals surface area (Å²) < 4.78 is -1.14. The topological polar surface area (TPSA) is 98.7 Å². The number of carbonyl (C=O) groups excluding carboxylic acids is 3. The third-order valence-electron chi connectivity index (χ3n) is 7.84. The fourth-order valence-corrected chi connectivity index (χ4v) is 8.59. The van der Waals surface area contributed by atoms with Gasteiger partial charge in [-0.15, -0.1) is 11.8 Å². The van der Waals surface area contributed by atoms with Gasteiger partial charge in [-0.1, -0.05) is 48.5 Å². The molecule has 7 nitrogen and oxygen atoms in total. The van der Waals surface area contributed by atoms with Gasteiger partial charge in [0.15, 0.2) is 0 Å². The molecule has 2 bridgehead atoms. The number of rotatable bonds is 7. The van der Waals surface area contributed by atoms with Crippen molar-refractivity contribution in [1.82, 2.24) is 10.2 Å². The standard InChI is InChI=1S/C27H31N3O4S/c1-17(16-31)30-22(24(33)28-15-18-9-5-3-6-10-18)27-14-13-26(2,35-27)20(21(27)25(30)34)23(32)29-19-11-7-4-8-12-19/h3-12,17,20-22,31H,13-16H2,1-2H3,(H,28,33)(H,29,32)/t17-,20-,21+,22?,26+,27?/m1/s1. The van der Waals surface area contributed by atoms with Crippen LogP contribution < -0.4 is 10.6 Å². The van der Waals surface area contributed by atoms with Gasteiger partial charge in [0.05, 0.1) is 29.2 Å². The summed E-state index contributed by atoms with van der Waals surface area (Å²) >= 11 is 1.63. The van der Waals surface area contributed by atoms with Crippen molar-refractivity contribution in [2.45, 2.75) is 54.8 Å². The first-order valence-corrected chi connectivity index (χ1v) is 12.9. The van der Waals surface area contributed by atoms with E-state index in [1.165, 1.54) is 0 Å². The fourth-order valence-electron chi connectivity index (χ4n) is 6.25. The number of nitrogens with zero attached hydrogens (tertiary/aromatic N) is 1. The van der Waals surface area contributed by atoms with E-state index in [4.69, 9.17) is 0 Å². The monoisotopic (exact) mass is 493 g/mol. The number of nitrogens with one attached hydrogen (secondary N) is 2. The van der Waals surface area contributed by atoms with Gasteiger partial charge in [-0.05, 0) is 44.4 Å². The SMILES string of the molecule is C[C@H](CO)N1C(=O)[C@@H]2[C@H](C(=O)Nc3ccccc3)[C@]3(C)CCC2(S3)C1C(=O)NCc1ccccc1. The Labute approximate surface area is 209 Å². The van der Waals surface area contributed by atoms with Gasteiger partial charge in [0.1, 0.15) is 6.04 Å². The summed E-state index contributed by atoms with van der Waals surface area (Å²) in [5.74, 6) is -1.81. The molecule has 6 atom stereocenters. The fraction of sp³-hybridized carbons (Fsp3) is 0.444. The first-order valence-electron chi connectivity index (χ1n) is 12.1. The molecule has 3 amide bonds. The number of aliphatic hydroxyl groups excluding tert-OH is 1. The molecule has 3 heterocycles. The minimum Gasteiger partial charge on any atom is -0.394 e. The molecule has 3 aliphatic rings. The van der Waals surface area contributed by atoms with Crippen molar-refractivity contribution in [3.63, 3.8) is 0 Å². The summed E-state index contributed by atoms with van der Waals surface area (Å²) in [6.07, 6.45) is 1.43. The van der Waals surface area contributed by atoms with Crippen LogP contribution in [0.15, 0.2) is 60.7 Å². The molecule has 3 N–H and O–H groups in total. The largest absolute Gasteiger partial charge is 0.394 e. The Hall–Kier alpha value is -2.84. The molecular formula is C27H31N3O4S. The maximum Gasteiger partial charge on any atom is 0.244 e. The van der Waals surface area contributed by atoms with Gasteiger partial charge in [0.2, 0.25) is 17.7 Å². The minimum absolute atomic E-state index is 0.187. The summed E-state index contributed by atoms with van der Waals surface area (Å²) in [4.78, 5) is 42.7. The number of carbonyl (C=O) groups is 3. The third-order valence-corrected chi connectivity index (χ3v) is 9.82. The molecule has 2 unspecified atom stereocenters. The number of hydrogen-bond acceptors (Lipinski definition) is 5. The zero-order chi connectivity index (χ0) is 24.8. The molecule has 35 heavy (non-hydrogen) atoms. The summed E-state index contributed by atoms with van der Waals surface area (Å²) in [7, 11) is 0. The van der Waals surface area contributed by atoms with Crippen LogP contribution >= 0.6 is 11.8 Å². The Kier molecular flexibility index (Phi) is 6.13. The molecule has 2 aromatic carbocycles. The van der Waals surface area contributed by atoms with Crippen molar-refractivity contribution in [3.8, 4) is 0 Å². The first kappa shape index (κ1) is 23.9. The maximum atomic E-state index is 13.9. The molecule has 8 heteroatoms. The van der Waals surface area contributed by atoms with Gasteiger partial charge in [-0.2, -0.15) is 0 Å². The molecule has 5 rings (SSSR count). The van der Waals surface area contributed by atoms with Gasteiger partial charge in [0, 0.05) is 17.0 Å². The third kappa shape index (κ3) is 3.83. The highest BCUT2D eigenvalue weighted by Crippen LogP contribution is 2.71. The van der Waals surface area contributed by atoms with Crippen molar-refractivity contribution >= 4 is 35.2 Å². The molecule has 184 valence electrons. The highest BCUT2D eigenvalue weighted by Gasteiger charge is 2.77. The number of amides is 3. The zero-order valence-electron chi connectivity index (χ0n) is 19.9. The van der Waals surface area contributed by atoms with E-state index in [0.717, 1.165) is 12.0 Å². The molecule has 3 aliphatic heterocycles. The van der Waals surface area contributed by atoms with Crippen molar-refractivity contribution in [2.24, 2.45) is 11.8 Å². The van der Waals surface area contributed by atoms with E-state index < -0.39 is 33.4 Å². The van der Waals surface area contributed by atoms with Crippen molar-refractivity contribution < 1.29 is 19.5 Å². The van der Waals surface area contributed by atoms with Crippen LogP contribution in [0.5, 0.6) is 0 Å². The van der Waals surface area contributed by atoms with Crippen LogP contribution in [0.4, 0.5) is 5.69 Å². The average molecular weight is 494 g/mol. The number of hydrogen-bond donors (Lipinski definition) is 3. The van der Waals surface area contributed by atoms with E-state index in [9.17, 15) is 19.5 Å². The summed E-state index contributed by atoms with van der Waals surface area (Å²) in [6, 6.07) is 17.6. The first-order chi connectivity index (χ1) is 16.8. The van der Waals surface area contributed by atoms with Crippen LogP contribution in [-0.4, -0.2) is 55.9 Å². The molecule has 0 aromatic heterocycles. The number of thioether (sulfide) groups is 1. The lowest BCUT2D eigenvalue weighted by Gasteiger charge is -2.36. The number of aliphatic hydroxyl groups is 1. The number of likely N-dealkylation sites (tertiary alicyclic amines) is 1. The highest BCUT2D eigenvalue weighted by atomic mass is 32.2. The highest BCUT2D eigenvalue weighted by molar-refractivity contribution is 8.02. The van der Waals surface area contributed by atoms with Crippen LogP contribution in [0.1, 0.15) is 32.3 Å². The predicted octanol–water partition coefficient (Wildman–Crippen LogP) is 2.80. The van der Waals surface area contributed by atoms with E-state index in [1.807, 2.05) is 67.6 Å². The Bertz CT molecular complexity index is 1130. The van der Waals surface area contributed by atoms with Crippen molar-refractivity contribution in [3.05, 3.63) is 66.2 Å². The van der Waals surface area contributed by atoms with Gasteiger partial charge in [-0.25, -0.2) is 0 Å². The second kappa shape index (κ2) is 8.99. The van der Waals surface area contributed by atoms with Crippen molar-refractivity contribution in [1.29, 1.82) is 0 Å². The molecule has 0 saturated carbocycles. The second-order valence-corrected chi connectivity index (χ2v) is 12.0. The molecular weight excluding hydrogens is 462 g/mol. The summed E-state index contributed by atoms with van der Waals surface area (Å²) in [6.45, 7) is 3.91. The van der Waals surface area contributed by atoms with Crippen LogP contribution in [0, 0.1) is 11.8 Å². The molecule has 3 fully saturated rings. The van der Waals surface area contributed by atoms with Gasteiger partial charge in [0.25, 0.3) is 0 Å². The van der Waals surface area contributed by atoms with E-state index in [2.05, 4.69) is 10.6 Å². The average Bonchev–Trinajstić information content (AvgIpc) is 3.44. The number of anilines is 1. The van der Waals surface area contributed by atoms with Gasteiger partial charge in [-0.3, -0.25) is 14.4 Å². The lowest BCUT2D eigenvalue weighted by molar-refractivity contribution is -0.142. The van der Waals surface area contributed by atoms with E-state index in [1.54, 1.807) is 23.6 Å². The van der Waals surface area contributed by atoms with E-state index >= 15 is 0 Å². The number of fused-ring (bicyclic) bond motifs is 1. The maximum absolute atomic E-state index is 13.9. The second-order valence-electron chi connectivity index (χ2n) is 10.1. The quantitative estimate of drug-likeness (QED) is 0.551. The Morgan fingerprint density at radius 2 is 1.74 bits per heavy atom. The van der Waals surface area contributed by atoms with Gasteiger partial charge >= 0.3 is 0 Å². The van der Waals surface area contributed by atoms with E-state index in [-0.39, 0.29) is 24.3 Å². The van der Waals surface area contributed by atoms with Crippen LogP contribution in [0.2, 0.25) is 0 Å². The van der Waals surface area contributed by atoms with Crippen LogP contribution in [0.25, 0.3) is 0 Å². The Morgan fingerprint density at radius 3 is 2.40 bits per heavy atom. The van der Waals surface area contributed by atoms with Crippen LogP contribution in [0.3, 0.4) is 0 Å². The van der Waals surface area contributed by atoms with Crippen molar-refractivity contribution in [2.75, 3.05) is 11.9 Å². The minimum atomic E-state index is -0.743. The van der Waals surface area contributed by atoms with Gasteiger partial charge < -0.3 is 20.6 Å². The Balaban J connectivity index is 1.47. The molecule has 3 saturated heterocycles. The number of para-hydroxylation sites is 1. The molecule has 1 spiro atoms. The summed E-state index contributed by atoms with van der Waals surface area (Å²) in [5, 5.41) is 16.0. The Morgan fingerprint density at radius 1 is 1.09 bits per heavy atom.